The Balaban J connectivity index is 4.38. The molecule has 0 saturated heterocycles. The minimum atomic E-state index is -1.72. The van der Waals surface area contributed by atoms with Crippen molar-refractivity contribution in [2.45, 2.75) is 0 Å². The van der Waals surface area contributed by atoms with Crippen LogP contribution in [0.1, 0.15) is 0 Å². The van der Waals surface area contributed by atoms with Gasteiger partial charge in [-0.1, -0.05) is 0 Å². The Kier molecular flexibility index (Phi) is 5.96. The van der Waals surface area contributed by atoms with Crippen LogP contribution in [0.25, 0.3) is 0 Å². The summed E-state index contributed by atoms with van der Waals surface area (Å²) in [5.41, 5.74) is 4.93. The Morgan fingerprint density at radius 3 is 2.24 bits per heavy atom. The number of carboxylic acids is 2. The smallest absolute Gasteiger partial charge is 0.372 e. The van der Waals surface area contributed by atoms with Crippen LogP contribution in [-0.4, -0.2) is 47.1 Å². The zero-order valence-electron chi connectivity index (χ0n) is 8.50. The van der Waals surface area contributed by atoms with Gasteiger partial charge in [-0.05, 0) is 0 Å². The Bertz CT molecular complexity index is 374. The van der Waals surface area contributed by atoms with Crippen molar-refractivity contribution in [1.82, 2.24) is 5.32 Å². The first-order valence-electron chi connectivity index (χ1n) is 4.22. The highest BCUT2D eigenvalue weighted by molar-refractivity contribution is 5.95. The number of nitrogens with one attached hydrogen (secondary N) is 1. The number of carbonyl (C=O) groups excluding carboxylic acids is 2. The predicted molar refractivity (Wildman–Crippen MR) is 51.5 cm³/mol. The van der Waals surface area contributed by atoms with Crippen molar-refractivity contribution >= 4 is 23.8 Å². The summed E-state index contributed by atoms with van der Waals surface area (Å²) in [6.45, 7) is -0.954. The van der Waals surface area contributed by atoms with Crippen molar-refractivity contribution in [3.05, 3.63) is 11.8 Å². The third-order valence-corrected chi connectivity index (χ3v) is 1.30. The molecule has 94 valence electrons. The second-order valence-corrected chi connectivity index (χ2v) is 2.61. The van der Waals surface area contributed by atoms with E-state index in [4.69, 9.17) is 15.9 Å². The molecule has 0 unspecified atom stereocenters. The average molecular weight is 246 g/mol. The van der Waals surface area contributed by atoms with E-state index in [-0.39, 0.29) is 12.6 Å². The summed E-state index contributed by atoms with van der Waals surface area (Å²) in [6.07, 6.45) is 0.213. The first kappa shape index (κ1) is 14.6. The highest BCUT2D eigenvalue weighted by Crippen LogP contribution is 1.98. The maximum absolute atomic E-state index is 11.0. The zero-order chi connectivity index (χ0) is 13.4. The maximum atomic E-state index is 11.0. The van der Waals surface area contributed by atoms with Crippen molar-refractivity contribution in [3.63, 3.8) is 0 Å². The van der Waals surface area contributed by atoms with E-state index in [1.807, 2.05) is 5.32 Å². The third-order valence-electron chi connectivity index (χ3n) is 1.30. The van der Waals surface area contributed by atoms with Crippen molar-refractivity contribution in [2.24, 2.45) is 5.73 Å². The van der Waals surface area contributed by atoms with E-state index in [9.17, 15) is 19.2 Å². The quantitative estimate of drug-likeness (QED) is 0.230. The molecule has 0 fully saturated rings. The van der Waals surface area contributed by atoms with E-state index in [1.165, 1.54) is 0 Å². The van der Waals surface area contributed by atoms with E-state index in [2.05, 4.69) is 4.74 Å². The Labute approximate surface area is 94.8 Å². The monoisotopic (exact) mass is 246 g/mol. The highest BCUT2D eigenvalue weighted by atomic mass is 16.6. The van der Waals surface area contributed by atoms with Crippen LogP contribution in [0, 0.1) is 0 Å². The summed E-state index contributed by atoms with van der Waals surface area (Å²) in [4.78, 5) is 42.3. The molecular weight excluding hydrogens is 236 g/mol. The van der Waals surface area contributed by atoms with Crippen molar-refractivity contribution in [1.29, 1.82) is 0 Å². The SMILES string of the molecule is NCC(=O)NCC(=O)O/C(=C/C(=O)O)C(=O)O. The molecule has 0 aliphatic rings. The minimum Gasteiger partial charge on any atom is -0.478 e. The molecule has 0 rings (SSSR count). The highest BCUT2D eigenvalue weighted by Gasteiger charge is 2.16. The fraction of sp³-hybridized carbons (Fsp3) is 0.250. The molecule has 0 aliphatic carbocycles. The number of nitrogens with two attached hydrogens (primary N) is 1. The fourth-order valence-corrected chi connectivity index (χ4v) is 0.649. The number of hydrogen-bond donors (Lipinski definition) is 4. The van der Waals surface area contributed by atoms with Crippen LogP contribution in [0.5, 0.6) is 0 Å². The van der Waals surface area contributed by atoms with Crippen LogP contribution in [0.3, 0.4) is 0 Å². The van der Waals surface area contributed by atoms with Gasteiger partial charge in [0.1, 0.15) is 6.54 Å². The van der Waals surface area contributed by atoms with Gasteiger partial charge in [-0.15, -0.1) is 0 Å². The lowest BCUT2D eigenvalue weighted by molar-refractivity contribution is -0.148. The summed E-state index contributed by atoms with van der Waals surface area (Å²) in [7, 11) is 0. The summed E-state index contributed by atoms with van der Waals surface area (Å²) < 4.78 is 4.20. The molecule has 17 heavy (non-hydrogen) atoms. The molecule has 9 nitrogen and oxygen atoms in total. The molecule has 0 aromatic carbocycles. The van der Waals surface area contributed by atoms with Gasteiger partial charge in [-0.3, -0.25) is 4.79 Å². The molecule has 0 aliphatic heterocycles. The van der Waals surface area contributed by atoms with Gasteiger partial charge in [0, 0.05) is 0 Å². The standard InChI is InChI=1S/C8H10N2O7/c9-2-5(11)10-3-7(14)17-4(8(15)16)1-6(12)13/h1H,2-3,9H2,(H,10,11)(H,12,13)(H,15,16)/b4-1+. The van der Waals surface area contributed by atoms with E-state index in [0.717, 1.165) is 0 Å². The predicted octanol–water partition coefficient (Wildman–Crippen LogP) is -2.34. The molecule has 0 heterocycles. The number of carboxylic acid groups (broad SMARTS) is 2. The number of esters is 1. The van der Waals surface area contributed by atoms with Crippen LogP contribution in [0.2, 0.25) is 0 Å². The molecule has 5 N–H and O–H groups in total. The lowest BCUT2D eigenvalue weighted by atomic mass is 10.4. The van der Waals surface area contributed by atoms with Gasteiger partial charge in [-0.25, -0.2) is 14.4 Å². The number of amides is 1. The maximum Gasteiger partial charge on any atom is 0.372 e. The third kappa shape index (κ3) is 6.62. The number of aliphatic carboxylic acids is 2. The van der Waals surface area contributed by atoms with Crippen LogP contribution in [0.15, 0.2) is 11.8 Å². The van der Waals surface area contributed by atoms with Gasteiger partial charge in [0.25, 0.3) is 0 Å². The molecule has 0 aromatic rings. The first-order chi connectivity index (χ1) is 7.86. The summed E-state index contributed by atoms with van der Waals surface area (Å²) in [5, 5.41) is 18.8. The lowest BCUT2D eigenvalue weighted by Crippen LogP contribution is -2.35. The Morgan fingerprint density at radius 1 is 1.24 bits per heavy atom. The molecule has 0 bridgehead atoms. The molecular formula is C8H10N2O7. The summed E-state index contributed by atoms with van der Waals surface area (Å²) >= 11 is 0. The van der Waals surface area contributed by atoms with Gasteiger partial charge >= 0.3 is 17.9 Å². The lowest BCUT2D eigenvalue weighted by Gasteiger charge is -2.04. The number of hydrogen-bond acceptors (Lipinski definition) is 6. The van der Waals surface area contributed by atoms with Crippen molar-refractivity contribution in [2.75, 3.05) is 13.1 Å². The summed E-state index contributed by atoms with van der Waals surface area (Å²) in [6, 6.07) is 0. The van der Waals surface area contributed by atoms with Gasteiger partial charge in [0.15, 0.2) is 0 Å². The molecule has 0 atom stereocenters. The van der Waals surface area contributed by atoms with Crippen LogP contribution < -0.4 is 11.1 Å². The van der Waals surface area contributed by atoms with Crippen LogP contribution in [-0.2, 0) is 23.9 Å². The molecule has 1 amide bonds. The summed E-state index contributed by atoms with van der Waals surface area (Å²) in [5.74, 6) is -6.11. The number of rotatable bonds is 6. The minimum absolute atomic E-state index is 0.213. The van der Waals surface area contributed by atoms with Crippen LogP contribution in [0.4, 0.5) is 0 Å². The molecule has 0 saturated carbocycles. The van der Waals surface area contributed by atoms with Gasteiger partial charge in [-0.2, -0.15) is 0 Å². The molecule has 9 heteroatoms. The fourth-order valence-electron chi connectivity index (χ4n) is 0.649. The van der Waals surface area contributed by atoms with Crippen LogP contribution >= 0.6 is 0 Å². The molecule has 0 aromatic heterocycles. The first-order valence-corrected chi connectivity index (χ1v) is 4.22. The Morgan fingerprint density at radius 2 is 1.82 bits per heavy atom. The van der Waals surface area contributed by atoms with Crippen molar-refractivity contribution in [3.8, 4) is 0 Å². The van der Waals surface area contributed by atoms with E-state index >= 15 is 0 Å². The van der Waals surface area contributed by atoms with E-state index in [1.54, 1.807) is 0 Å². The van der Waals surface area contributed by atoms with E-state index < -0.39 is 36.1 Å². The average Bonchev–Trinajstić information content (AvgIpc) is 2.24. The largest absolute Gasteiger partial charge is 0.478 e. The van der Waals surface area contributed by atoms with E-state index in [0.29, 0.717) is 0 Å². The van der Waals surface area contributed by atoms with Gasteiger partial charge < -0.3 is 26.0 Å². The second-order valence-electron chi connectivity index (χ2n) is 2.61. The zero-order valence-corrected chi connectivity index (χ0v) is 8.50. The van der Waals surface area contributed by atoms with Gasteiger partial charge in [0.05, 0.1) is 12.6 Å². The second kappa shape index (κ2) is 6.95. The number of ether oxygens (including phenoxy) is 1. The molecule has 0 radical (unpaired) electrons. The normalized spacial score (nSPS) is 10.5. The topological polar surface area (TPSA) is 156 Å². The van der Waals surface area contributed by atoms with Gasteiger partial charge in [0.2, 0.25) is 11.7 Å². The van der Waals surface area contributed by atoms with Crippen molar-refractivity contribution < 1.29 is 34.1 Å². The molecule has 0 spiro atoms. The number of carbonyl (C=O) groups is 4. The Hall–Kier alpha value is -2.42.